The summed E-state index contributed by atoms with van der Waals surface area (Å²) < 4.78 is 11.7. The predicted octanol–water partition coefficient (Wildman–Crippen LogP) is 1.19. The van der Waals surface area contributed by atoms with Gasteiger partial charge in [-0.25, -0.2) is 5.06 Å². The molecular weight excluding hydrogens is 279 g/mol. The van der Waals surface area contributed by atoms with Gasteiger partial charge >= 0.3 is 0 Å². The third-order valence-electron chi connectivity index (χ3n) is 3.40. The standard InChI is InChI=1S/C13H25N2O4P/c1-14(10-13(17)20(2,3)19)9-12(16)15(18)11-7-5-4-6-8-11/h5,7,11,13,17-18H,4,6,8-10H2,1-3H3. The van der Waals surface area contributed by atoms with E-state index in [0.29, 0.717) is 0 Å². The predicted molar refractivity (Wildman–Crippen MR) is 78.4 cm³/mol. The molecule has 0 heterocycles. The maximum Gasteiger partial charge on any atom is 0.260 e. The van der Waals surface area contributed by atoms with Gasteiger partial charge in [0.1, 0.15) is 13.0 Å². The fourth-order valence-corrected chi connectivity index (χ4v) is 2.70. The number of allylic oxidation sites excluding steroid dienone is 1. The molecule has 116 valence electrons. The zero-order chi connectivity index (χ0) is 15.3. The number of nitrogens with zero attached hydrogens (tertiary/aromatic N) is 2. The quantitative estimate of drug-likeness (QED) is 0.333. The second kappa shape index (κ2) is 7.36. The molecule has 2 atom stereocenters. The molecule has 0 aromatic carbocycles. The van der Waals surface area contributed by atoms with Crippen molar-refractivity contribution in [1.82, 2.24) is 9.96 Å². The highest BCUT2D eigenvalue weighted by atomic mass is 31.2. The third kappa shape index (κ3) is 5.37. The number of carbonyl (C=O) groups is 1. The highest BCUT2D eigenvalue weighted by Crippen LogP contribution is 2.40. The normalized spacial score (nSPS) is 21.0. The second-order valence-electron chi connectivity index (χ2n) is 5.78. The lowest BCUT2D eigenvalue weighted by Crippen LogP contribution is -2.44. The minimum atomic E-state index is -2.59. The van der Waals surface area contributed by atoms with Crippen molar-refractivity contribution in [2.24, 2.45) is 0 Å². The van der Waals surface area contributed by atoms with Crippen molar-refractivity contribution in [2.75, 3.05) is 33.5 Å². The molecule has 0 aliphatic heterocycles. The van der Waals surface area contributed by atoms with Crippen LogP contribution in [0.15, 0.2) is 12.2 Å². The number of hydroxylamine groups is 2. The molecule has 6 nitrogen and oxygen atoms in total. The van der Waals surface area contributed by atoms with Crippen molar-refractivity contribution >= 4 is 13.0 Å². The summed E-state index contributed by atoms with van der Waals surface area (Å²) in [6.07, 6.45) is 6.48. The maximum atomic E-state index is 11.9. The van der Waals surface area contributed by atoms with E-state index in [1.54, 1.807) is 11.9 Å². The molecule has 0 aromatic heterocycles. The Morgan fingerprint density at radius 3 is 2.65 bits per heavy atom. The number of aliphatic hydroxyl groups is 1. The zero-order valence-electron chi connectivity index (χ0n) is 12.4. The van der Waals surface area contributed by atoms with Crippen LogP contribution in [0.2, 0.25) is 0 Å². The van der Waals surface area contributed by atoms with E-state index in [9.17, 15) is 19.7 Å². The van der Waals surface area contributed by atoms with Crippen molar-refractivity contribution < 1.29 is 19.7 Å². The van der Waals surface area contributed by atoms with E-state index in [1.165, 1.54) is 13.3 Å². The van der Waals surface area contributed by atoms with Gasteiger partial charge in [-0.2, -0.15) is 0 Å². The van der Waals surface area contributed by atoms with Gasteiger partial charge in [0.05, 0.1) is 12.6 Å². The van der Waals surface area contributed by atoms with Crippen LogP contribution in [0, 0.1) is 0 Å². The van der Waals surface area contributed by atoms with Gasteiger partial charge in [-0.3, -0.25) is 14.9 Å². The van der Waals surface area contributed by atoms with E-state index in [0.717, 1.165) is 24.3 Å². The average Bonchev–Trinajstić information content (AvgIpc) is 2.37. The highest BCUT2D eigenvalue weighted by Gasteiger charge is 2.25. The first kappa shape index (κ1) is 17.4. The molecule has 2 unspecified atom stereocenters. The lowest BCUT2D eigenvalue weighted by atomic mass is 10.0. The molecule has 7 heteroatoms. The molecule has 0 saturated heterocycles. The molecule has 20 heavy (non-hydrogen) atoms. The fraction of sp³-hybridized carbons (Fsp3) is 0.769. The SMILES string of the molecule is CN(CC(=O)N(O)C1C=CCCC1)CC(O)P(C)(C)=O. The van der Waals surface area contributed by atoms with E-state index < -0.39 is 18.9 Å². The van der Waals surface area contributed by atoms with Crippen LogP contribution in [0.4, 0.5) is 0 Å². The highest BCUT2D eigenvalue weighted by molar-refractivity contribution is 7.62. The van der Waals surface area contributed by atoms with Crippen molar-refractivity contribution in [3.63, 3.8) is 0 Å². The van der Waals surface area contributed by atoms with Crippen LogP contribution in [-0.4, -0.2) is 71.5 Å². The number of carbonyl (C=O) groups excluding carboxylic acids is 1. The molecule has 1 rings (SSSR count). The summed E-state index contributed by atoms with van der Waals surface area (Å²) in [5.41, 5.74) is 0. The molecule has 0 aromatic rings. The van der Waals surface area contributed by atoms with E-state index in [-0.39, 0.29) is 19.1 Å². The van der Waals surface area contributed by atoms with Crippen LogP contribution in [0.3, 0.4) is 0 Å². The van der Waals surface area contributed by atoms with E-state index in [2.05, 4.69) is 0 Å². The first-order valence-electron chi connectivity index (χ1n) is 6.80. The minimum absolute atomic E-state index is 0.0160. The summed E-state index contributed by atoms with van der Waals surface area (Å²) in [6.45, 7) is 3.15. The molecule has 0 fully saturated rings. The molecule has 0 saturated carbocycles. The van der Waals surface area contributed by atoms with E-state index in [1.807, 2.05) is 12.2 Å². The molecule has 0 spiro atoms. The van der Waals surface area contributed by atoms with Gasteiger partial charge in [0.25, 0.3) is 5.91 Å². The first-order valence-corrected chi connectivity index (χ1v) is 9.47. The Bertz CT molecular complexity index is 407. The number of hydrogen-bond acceptors (Lipinski definition) is 5. The molecule has 1 aliphatic carbocycles. The fourth-order valence-electron chi connectivity index (χ4n) is 2.03. The second-order valence-corrected chi connectivity index (χ2v) is 9.24. The Balaban J connectivity index is 2.46. The van der Waals surface area contributed by atoms with Crippen LogP contribution in [0.5, 0.6) is 0 Å². The number of amides is 1. The topological polar surface area (TPSA) is 81.1 Å². The lowest BCUT2D eigenvalue weighted by molar-refractivity contribution is -0.173. The van der Waals surface area contributed by atoms with Crippen LogP contribution in [0.1, 0.15) is 19.3 Å². The molecular formula is C13H25N2O4P. The average molecular weight is 304 g/mol. The Hall–Kier alpha value is -0.680. The van der Waals surface area contributed by atoms with Gasteiger partial charge in [-0.15, -0.1) is 0 Å². The molecule has 2 N–H and O–H groups in total. The summed E-state index contributed by atoms with van der Waals surface area (Å²) >= 11 is 0. The molecule has 0 radical (unpaired) electrons. The summed E-state index contributed by atoms with van der Waals surface area (Å²) in [6, 6.07) is -0.266. The van der Waals surface area contributed by atoms with E-state index in [4.69, 9.17) is 0 Å². The summed E-state index contributed by atoms with van der Waals surface area (Å²) in [5, 5.41) is 20.4. The Kier molecular flexibility index (Phi) is 6.40. The lowest BCUT2D eigenvalue weighted by Gasteiger charge is -2.28. The van der Waals surface area contributed by atoms with Crippen molar-refractivity contribution in [2.45, 2.75) is 31.1 Å². The zero-order valence-corrected chi connectivity index (χ0v) is 13.3. The molecule has 1 aliphatic rings. The number of aliphatic hydroxyl groups excluding tert-OH is 1. The number of rotatable bonds is 6. The summed E-state index contributed by atoms with van der Waals surface area (Å²) in [5.74, 6) is -1.37. The maximum absolute atomic E-state index is 11.9. The van der Waals surface area contributed by atoms with Gasteiger partial charge in [0.15, 0.2) is 0 Å². The summed E-state index contributed by atoms with van der Waals surface area (Å²) in [4.78, 5) is 13.5. The number of hydrogen-bond donors (Lipinski definition) is 2. The van der Waals surface area contributed by atoms with Crippen molar-refractivity contribution in [1.29, 1.82) is 0 Å². The molecule has 1 amide bonds. The van der Waals surface area contributed by atoms with Crippen LogP contribution in [-0.2, 0) is 9.36 Å². The minimum Gasteiger partial charge on any atom is -0.384 e. The van der Waals surface area contributed by atoms with Crippen LogP contribution >= 0.6 is 7.14 Å². The first-order chi connectivity index (χ1) is 9.21. The summed E-state index contributed by atoms with van der Waals surface area (Å²) in [7, 11) is -0.935. The van der Waals surface area contributed by atoms with Crippen LogP contribution < -0.4 is 0 Å². The third-order valence-corrected chi connectivity index (χ3v) is 5.00. The Labute approximate surface area is 120 Å². The van der Waals surface area contributed by atoms with Crippen molar-refractivity contribution in [3.05, 3.63) is 12.2 Å². The molecule has 0 bridgehead atoms. The monoisotopic (exact) mass is 304 g/mol. The number of likely N-dealkylation sites (N-methyl/N-ethyl adjacent to an activating group) is 1. The van der Waals surface area contributed by atoms with Gasteiger partial charge in [0.2, 0.25) is 0 Å². The Morgan fingerprint density at radius 2 is 2.15 bits per heavy atom. The Morgan fingerprint density at radius 1 is 1.50 bits per heavy atom. The van der Waals surface area contributed by atoms with Gasteiger partial charge in [-0.05, 0) is 39.6 Å². The smallest absolute Gasteiger partial charge is 0.260 e. The van der Waals surface area contributed by atoms with Gasteiger partial charge in [-0.1, -0.05) is 12.2 Å². The van der Waals surface area contributed by atoms with E-state index >= 15 is 0 Å². The van der Waals surface area contributed by atoms with Crippen LogP contribution in [0.25, 0.3) is 0 Å². The van der Waals surface area contributed by atoms with Gasteiger partial charge in [0, 0.05) is 6.54 Å². The van der Waals surface area contributed by atoms with Gasteiger partial charge < -0.3 is 9.67 Å². The largest absolute Gasteiger partial charge is 0.384 e. The van der Waals surface area contributed by atoms with Crippen molar-refractivity contribution in [3.8, 4) is 0 Å².